The van der Waals surface area contributed by atoms with Crippen LogP contribution in [0.2, 0.25) is 0 Å². The van der Waals surface area contributed by atoms with Crippen molar-refractivity contribution in [2.75, 3.05) is 11.1 Å². The molecule has 0 radical (unpaired) electrons. The van der Waals surface area contributed by atoms with E-state index in [2.05, 4.69) is 46.7 Å². The van der Waals surface area contributed by atoms with Crippen molar-refractivity contribution in [2.24, 2.45) is 0 Å². The second-order valence-corrected chi connectivity index (χ2v) is 7.39. The number of carbonyl (C=O) groups excluding carboxylic acids is 1. The molecule has 3 aromatic rings. The van der Waals surface area contributed by atoms with Crippen LogP contribution in [0.15, 0.2) is 59.6 Å². The summed E-state index contributed by atoms with van der Waals surface area (Å²) in [6.07, 6.45) is 1.02. The lowest BCUT2D eigenvalue weighted by Crippen LogP contribution is -2.15. The molecule has 4 nitrogen and oxygen atoms in total. The number of benzene rings is 2. The molecule has 1 N–H and O–H groups in total. The summed E-state index contributed by atoms with van der Waals surface area (Å²) in [5.41, 5.74) is 6.29. The smallest absolute Gasteiger partial charge is 0.234 e. The Morgan fingerprint density at radius 3 is 2.44 bits per heavy atom. The van der Waals surface area contributed by atoms with E-state index in [1.807, 2.05) is 44.2 Å². The molecule has 0 aliphatic heterocycles. The predicted molar refractivity (Wildman–Crippen MR) is 112 cm³/mol. The van der Waals surface area contributed by atoms with Gasteiger partial charge in [-0.25, -0.2) is 0 Å². The largest absolute Gasteiger partial charge is 0.325 e. The molecular weight excluding hydrogens is 354 g/mol. The molecule has 27 heavy (non-hydrogen) atoms. The minimum absolute atomic E-state index is 0.0465. The Kier molecular flexibility index (Phi) is 6.24. The van der Waals surface area contributed by atoms with E-state index in [-0.39, 0.29) is 5.91 Å². The number of nitrogens with zero attached hydrogens (tertiary/aromatic N) is 2. The molecule has 0 atom stereocenters. The molecule has 0 spiro atoms. The van der Waals surface area contributed by atoms with E-state index in [4.69, 9.17) is 0 Å². The predicted octanol–water partition coefficient (Wildman–Crippen LogP) is 5.05. The summed E-state index contributed by atoms with van der Waals surface area (Å²) >= 11 is 1.38. The summed E-state index contributed by atoms with van der Waals surface area (Å²) in [5, 5.41) is 12.2. The zero-order chi connectivity index (χ0) is 19.2. The molecule has 0 aliphatic rings. The molecule has 0 unspecified atom stereocenters. The van der Waals surface area contributed by atoms with E-state index in [0.717, 1.165) is 39.5 Å². The molecule has 138 valence electrons. The van der Waals surface area contributed by atoms with E-state index in [1.165, 1.54) is 17.3 Å². The lowest BCUT2D eigenvalue weighted by Gasteiger charge is -2.10. The Balaban J connectivity index is 1.58. The molecule has 1 amide bonds. The topological polar surface area (TPSA) is 54.9 Å². The van der Waals surface area contributed by atoms with Gasteiger partial charge in [0.05, 0.1) is 11.4 Å². The molecule has 1 heterocycles. The van der Waals surface area contributed by atoms with Gasteiger partial charge in [-0.2, -0.15) is 0 Å². The lowest BCUT2D eigenvalue weighted by molar-refractivity contribution is -0.113. The van der Waals surface area contributed by atoms with Crippen LogP contribution in [0.4, 0.5) is 5.69 Å². The van der Waals surface area contributed by atoms with E-state index in [1.54, 1.807) is 0 Å². The van der Waals surface area contributed by atoms with Crippen molar-refractivity contribution in [2.45, 2.75) is 32.2 Å². The van der Waals surface area contributed by atoms with Crippen LogP contribution in [0.3, 0.4) is 0 Å². The number of hydrogen-bond donors (Lipinski definition) is 1. The third-order valence-corrected chi connectivity index (χ3v) is 5.45. The van der Waals surface area contributed by atoms with Gasteiger partial charge in [-0.05, 0) is 55.2 Å². The van der Waals surface area contributed by atoms with Gasteiger partial charge in [-0.15, -0.1) is 10.2 Å². The van der Waals surface area contributed by atoms with Crippen molar-refractivity contribution < 1.29 is 4.79 Å². The fraction of sp³-hybridized carbons (Fsp3) is 0.227. The molecule has 0 bridgehead atoms. The van der Waals surface area contributed by atoms with Gasteiger partial charge in [0.1, 0.15) is 5.03 Å². The van der Waals surface area contributed by atoms with Crippen LogP contribution in [0.1, 0.15) is 23.6 Å². The standard InChI is InChI=1S/C22H23N3OS/c1-4-17-8-10-18(11-9-17)20-12-13-22(25-24-20)27-14-21(26)23-19-7-5-6-15(2)16(19)3/h5-13H,4,14H2,1-3H3,(H,23,26). The minimum Gasteiger partial charge on any atom is -0.325 e. The monoisotopic (exact) mass is 377 g/mol. The van der Waals surface area contributed by atoms with Gasteiger partial charge >= 0.3 is 0 Å². The third-order valence-electron chi connectivity index (χ3n) is 4.53. The molecule has 1 aromatic heterocycles. The zero-order valence-corrected chi connectivity index (χ0v) is 16.6. The Labute approximate surface area is 164 Å². The van der Waals surface area contributed by atoms with Crippen molar-refractivity contribution in [1.82, 2.24) is 10.2 Å². The maximum absolute atomic E-state index is 12.2. The first-order chi connectivity index (χ1) is 13.1. The van der Waals surface area contributed by atoms with Crippen LogP contribution in [0.5, 0.6) is 0 Å². The normalized spacial score (nSPS) is 10.6. The van der Waals surface area contributed by atoms with Gasteiger partial charge in [0.2, 0.25) is 5.91 Å². The minimum atomic E-state index is -0.0465. The van der Waals surface area contributed by atoms with Crippen molar-refractivity contribution in [3.05, 3.63) is 71.3 Å². The van der Waals surface area contributed by atoms with E-state index >= 15 is 0 Å². The Morgan fingerprint density at radius 2 is 1.78 bits per heavy atom. The number of rotatable bonds is 6. The van der Waals surface area contributed by atoms with Crippen molar-refractivity contribution >= 4 is 23.4 Å². The van der Waals surface area contributed by atoms with Gasteiger partial charge in [0, 0.05) is 11.3 Å². The van der Waals surface area contributed by atoms with E-state index in [0.29, 0.717) is 5.75 Å². The van der Waals surface area contributed by atoms with Crippen LogP contribution >= 0.6 is 11.8 Å². The quantitative estimate of drug-likeness (QED) is 0.611. The highest BCUT2D eigenvalue weighted by Gasteiger charge is 2.08. The van der Waals surface area contributed by atoms with E-state index in [9.17, 15) is 4.79 Å². The number of nitrogens with one attached hydrogen (secondary N) is 1. The Bertz CT molecular complexity index is 921. The fourth-order valence-corrected chi connectivity index (χ4v) is 3.29. The maximum Gasteiger partial charge on any atom is 0.234 e. The highest BCUT2D eigenvalue weighted by atomic mass is 32.2. The van der Waals surface area contributed by atoms with Gasteiger partial charge in [0.25, 0.3) is 0 Å². The number of carbonyl (C=O) groups is 1. The van der Waals surface area contributed by atoms with Gasteiger partial charge in [0.15, 0.2) is 0 Å². The summed E-state index contributed by atoms with van der Waals surface area (Å²) in [4.78, 5) is 12.2. The van der Waals surface area contributed by atoms with Crippen LogP contribution in [-0.2, 0) is 11.2 Å². The second-order valence-electron chi connectivity index (χ2n) is 6.39. The number of aryl methyl sites for hydroxylation is 2. The van der Waals surface area contributed by atoms with Crippen LogP contribution in [0.25, 0.3) is 11.3 Å². The lowest BCUT2D eigenvalue weighted by atomic mass is 10.1. The first-order valence-corrected chi connectivity index (χ1v) is 9.97. The van der Waals surface area contributed by atoms with Gasteiger partial charge in [-0.1, -0.05) is 55.1 Å². The second kappa shape index (κ2) is 8.82. The third kappa shape index (κ3) is 4.95. The van der Waals surface area contributed by atoms with Gasteiger partial charge < -0.3 is 5.32 Å². The SMILES string of the molecule is CCc1ccc(-c2ccc(SCC(=O)Nc3cccc(C)c3C)nn2)cc1. The first-order valence-electron chi connectivity index (χ1n) is 8.98. The number of amides is 1. The van der Waals surface area contributed by atoms with Crippen molar-refractivity contribution in [3.8, 4) is 11.3 Å². The van der Waals surface area contributed by atoms with Crippen molar-refractivity contribution in [3.63, 3.8) is 0 Å². The number of hydrogen-bond acceptors (Lipinski definition) is 4. The summed E-state index contributed by atoms with van der Waals surface area (Å²) in [6.45, 7) is 6.18. The molecule has 0 saturated carbocycles. The maximum atomic E-state index is 12.2. The summed E-state index contributed by atoms with van der Waals surface area (Å²) in [7, 11) is 0. The van der Waals surface area contributed by atoms with Crippen LogP contribution in [-0.4, -0.2) is 21.9 Å². The molecule has 0 fully saturated rings. The average Bonchev–Trinajstić information content (AvgIpc) is 2.70. The number of anilines is 1. The Morgan fingerprint density at radius 1 is 1.00 bits per heavy atom. The molecular formula is C22H23N3OS. The summed E-state index contributed by atoms with van der Waals surface area (Å²) < 4.78 is 0. The molecule has 0 aliphatic carbocycles. The first kappa shape index (κ1) is 19.1. The van der Waals surface area contributed by atoms with Crippen LogP contribution < -0.4 is 5.32 Å². The number of thioether (sulfide) groups is 1. The molecule has 3 rings (SSSR count). The zero-order valence-electron chi connectivity index (χ0n) is 15.8. The van der Waals surface area contributed by atoms with Crippen LogP contribution in [0, 0.1) is 13.8 Å². The Hall–Kier alpha value is -2.66. The fourth-order valence-electron chi connectivity index (χ4n) is 2.67. The van der Waals surface area contributed by atoms with E-state index < -0.39 is 0 Å². The number of aromatic nitrogens is 2. The molecule has 2 aromatic carbocycles. The molecule has 0 saturated heterocycles. The summed E-state index contributed by atoms with van der Waals surface area (Å²) in [6, 6.07) is 18.1. The molecule has 5 heteroatoms. The summed E-state index contributed by atoms with van der Waals surface area (Å²) in [5.74, 6) is 0.252. The average molecular weight is 378 g/mol. The highest BCUT2D eigenvalue weighted by molar-refractivity contribution is 7.99. The highest BCUT2D eigenvalue weighted by Crippen LogP contribution is 2.22. The van der Waals surface area contributed by atoms with Crippen molar-refractivity contribution in [1.29, 1.82) is 0 Å². The van der Waals surface area contributed by atoms with Gasteiger partial charge in [-0.3, -0.25) is 4.79 Å².